The Balaban J connectivity index is 2.15. The van der Waals surface area contributed by atoms with Crippen molar-refractivity contribution in [2.24, 2.45) is 7.05 Å². The van der Waals surface area contributed by atoms with Crippen molar-refractivity contribution in [1.82, 2.24) is 15.1 Å². The van der Waals surface area contributed by atoms with Crippen LogP contribution in [0, 0.1) is 6.92 Å². The third kappa shape index (κ3) is 3.92. The maximum atomic E-state index is 12.4. The van der Waals surface area contributed by atoms with E-state index in [1.807, 2.05) is 37.3 Å². The van der Waals surface area contributed by atoms with Gasteiger partial charge in [-0.2, -0.15) is 5.10 Å². The molecule has 0 aliphatic carbocycles. The Kier molecular flexibility index (Phi) is 5.11. The van der Waals surface area contributed by atoms with Crippen molar-refractivity contribution < 1.29 is 9.90 Å². The van der Waals surface area contributed by atoms with Crippen LogP contribution in [-0.2, 0) is 7.05 Å². The van der Waals surface area contributed by atoms with Crippen molar-refractivity contribution in [2.75, 3.05) is 6.61 Å². The molecule has 2 N–H and O–H groups in total. The summed E-state index contributed by atoms with van der Waals surface area (Å²) in [6.07, 6.45) is 3.07. The van der Waals surface area contributed by atoms with Gasteiger partial charge in [-0.25, -0.2) is 0 Å². The molecule has 1 amide bonds. The first kappa shape index (κ1) is 15.3. The summed E-state index contributed by atoms with van der Waals surface area (Å²) in [5.41, 5.74) is 2.34. The molecule has 1 aromatic carbocycles. The number of benzene rings is 1. The summed E-state index contributed by atoms with van der Waals surface area (Å²) in [4.78, 5) is 12.4. The van der Waals surface area contributed by atoms with Gasteiger partial charge in [0.05, 0.1) is 17.3 Å². The zero-order valence-electron chi connectivity index (χ0n) is 12.4. The fourth-order valence-electron chi connectivity index (χ4n) is 2.36. The second-order valence-electron chi connectivity index (χ2n) is 5.10. The highest BCUT2D eigenvalue weighted by Crippen LogP contribution is 2.19. The zero-order valence-corrected chi connectivity index (χ0v) is 12.4. The average molecular weight is 287 g/mol. The first-order chi connectivity index (χ1) is 10.1. The monoisotopic (exact) mass is 287 g/mol. The molecule has 2 aromatic rings. The molecule has 5 heteroatoms. The largest absolute Gasteiger partial charge is 0.396 e. The van der Waals surface area contributed by atoms with Crippen LogP contribution < -0.4 is 5.32 Å². The third-order valence-electron chi connectivity index (χ3n) is 3.42. The van der Waals surface area contributed by atoms with Gasteiger partial charge in [-0.15, -0.1) is 0 Å². The van der Waals surface area contributed by atoms with Crippen LogP contribution in [0.4, 0.5) is 0 Å². The number of rotatable bonds is 6. The van der Waals surface area contributed by atoms with Crippen LogP contribution in [-0.4, -0.2) is 27.4 Å². The van der Waals surface area contributed by atoms with E-state index in [4.69, 9.17) is 5.11 Å². The predicted molar refractivity (Wildman–Crippen MR) is 80.9 cm³/mol. The Morgan fingerprint density at radius 1 is 1.38 bits per heavy atom. The highest BCUT2D eigenvalue weighted by molar-refractivity contribution is 5.95. The Labute approximate surface area is 124 Å². The Hall–Kier alpha value is -2.14. The lowest BCUT2D eigenvalue weighted by molar-refractivity contribution is 0.0931. The van der Waals surface area contributed by atoms with Crippen molar-refractivity contribution in [1.29, 1.82) is 0 Å². The molecule has 0 bridgehead atoms. The van der Waals surface area contributed by atoms with E-state index in [0.717, 1.165) is 5.56 Å². The van der Waals surface area contributed by atoms with Gasteiger partial charge in [0.2, 0.25) is 0 Å². The van der Waals surface area contributed by atoms with E-state index in [-0.39, 0.29) is 18.6 Å². The molecule has 1 unspecified atom stereocenters. The van der Waals surface area contributed by atoms with E-state index in [1.54, 1.807) is 17.9 Å². The molecule has 0 aliphatic heterocycles. The summed E-state index contributed by atoms with van der Waals surface area (Å²) < 4.78 is 1.63. The summed E-state index contributed by atoms with van der Waals surface area (Å²) in [7, 11) is 1.80. The fourth-order valence-corrected chi connectivity index (χ4v) is 2.36. The van der Waals surface area contributed by atoms with E-state index < -0.39 is 0 Å². The number of carbonyl (C=O) groups is 1. The van der Waals surface area contributed by atoms with Crippen molar-refractivity contribution in [3.05, 3.63) is 53.3 Å². The van der Waals surface area contributed by atoms with Crippen LogP contribution in [0.15, 0.2) is 36.5 Å². The number of amides is 1. The highest BCUT2D eigenvalue weighted by Gasteiger charge is 2.18. The SMILES string of the molecule is Cc1nn(C)cc1C(=O)NC(CCCO)c1ccccc1. The predicted octanol–water partition coefficient (Wildman–Crippen LogP) is 1.97. The van der Waals surface area contributed by atoms with Gasteiger partial charge in [0.15, 0.2) is 0 Å². The lowest BCUT2D eigenvalue weighted by Crippen LogP contribution is -2.29. The second kappa shape index (κ2) is 7.04. The molecule has 0 saturated heterocycles. The number of aliphatic hydroxyl groups excluding tert-OH is 1. The molecule has 112 valence electrons. The normalized spacial score (nSPS) is 12.1. The first-order valence-electron chi connectivity index (χ1n) is 7.08. The zero-order chi connectivity index (χ0) is 15.2. The molecule has 1 atom stereocenters. The summed E-state index contributed by atoms with van der Waals surface area (Å²) in [6.45, 7) is 1.94. The number of carbonyl (C=O) groups excluding carboxylic acids is 1. The Morgan fingerprint density at radius 3 is 2.67 bits per heavy atom. The lowest BCUT2D eigenvalue weighted by atomic mass is 10.0. The van der Waals surface area contributed by atoms with Crippen LogP contribution in [0.2, 0.25) is 0 Å². The number of aromatic nitrogens is 2. The number of aryl methyl sites for hydroxylation is 2. The van der Waals surface area contributed by atoms with Crippen LogP contribution in [0.3, 0.4) is 0 Å². The summed E-state index contributed by atoms with van der Waals surface area (Å²) in [5, 5.41) is 16.3. The minimum atomic E-state index is -0.132. The lowest BCUT2D eigenvalue weighted by Gasteiger charge is -2.18. The molecule has 0 aliphatic rings. The number of hydrogen-bond donors (Lipinski definition) is 2. The smallest absolute Gasteiger partial charge is 0.255 e. The second-order valence-corrected chi connectivity index (χ2v) is 5.10. The van der Waals surface area contributed by atoms with Crippen LogP contribution in [0.25, 0.3) is 0 Å². The van der Waals surface area contributed by atoms with Crippen molar-refractivity contribution in [3.8, 4) is 0 Å². The van der Waals surface area contributed by atoms with Crippen molar-refractivity contribution in [3.63, 3.8) is 0 Å². The Morgan fingerprint density at radius 2 is 2.10 bits per heavy atom. The molecule has 1 aromatic heterocycles. The molecule has 0 radical (unpaired) electrons. The van der Waals surface area contributed by atoms with Gasteiger partial charge in [-0.1, -0.05) is 30.3 Å². The minimum absolute atomic E-state index is 0.106. The van der Waals surface area contributed by atoms with Gasteiger partial charge in [-0.3, -0.25) is 9.48 Å². The highest BCUT2D eigenvalue weighted by atomic mass is 16.3. The number of aliphatic hydroxyl groups is 1. The molecular formula is C16H21N3O2. The maximum Gasteiger partial charge on any atom is 0.255 e. The summed E-state index contributed by atoms with van der Waals surface area (Å²) in [5.74, 6) is -0.132. The molecule has 1 heterocycles. The standard InChI is InChI=1S/C16H21N3O2/c1-12-14(11-19(2)18-12)16(21)17-15(9-6-10-20)13-7-4-3-5-8-13/h3-5,7-8,11,15,20H,6,9-10H2,1-2H3,(H,17,21). The third-order valence-corrected chi connectivity index (χ3v) is 3.42. The molecule has 2 rings (SSSR count). The van der Waals surface area contributed by atoms with Gasteiger partial charge in [0.25, 0.3) is 5.91 Å². The van der Waals surface area contributed by atoms with Gasteiger partial charge in [0, 0.05) is 19.9 Å². The molecule has 21 heavy (non-hydrogen) atoms. The van der Waals surface area contributed by atoms with Crippen molar-refractivity contribution in [2.45, 2.75) is 25.8 Å². The van der Waals surface area contributed by atoms with Gasteiger partial charge >= 0.3 is 0 Å². The average Bonchev–Trinajstić information content (AvgIpc) is 2.83. The molecular weight excluding hydrogens is 266 g/mol. The number of nitrogens with one attached hydrogen (secondary N) is 1. The fraction of sp³-hybridized carbons (Fsp3) is 0.375. The van der Waals surface area contributed by atoms with Crippen LogP contribution >= 0.6 is 0 Å². The topological polar surface area (TPSA) is 67.2 Å². The Bertz CT molecular complexity index is 593. The quantitative estimate of drug-likeness (QED) is 0.853. The van der Waals surface area contributed by atoms with Gasteiger partial charge < -0.3 is 10.4 Å². The maximum absolute atomic E-state index is 12.4. The summed E-state index contributed by atoms with van der Waals surface area (Å²) in [6, 6.07) is 9.70. The minimum Gasteiger partial charge on any atom is -0.396 e. The van der Waals surface area contributed by atoms with Gasteiger partial charge in [-0.05, 0) is 25.3 Å². The van der Waals surface area contributed by atoms with Crippen LogP contribution in [0.5, 0.6) is 0 Å². The van der Waals surface area contributed by atoms with E-state index in [9.17, 15) is 4.79 Å². The van der Waals surface area contributed by atoms with E-state index in [0.29, 0.717) is 24.1 Å². The van der Waals surface area contributed by atoms with E-state index >= 15 is 0 Å². The van der Waals surface area contributed by atoms with E-state index in [2.05, 4.69) is 10.4 Å². The summed E-state index contributed by atoms with van der Waals surface area (Å²) >= 11 is 0. The number of hydrogen-bond acceptors (Lipinski definition) is 3. The van der Waals surface area contributed by atoms with Crippen LogP contribution in [0.1, 0.15) is 40.5 Å². The molecule has 0 saturated carbocycles. The molecule has 0 fully saturated rings. The first-order valence-corrected chi connectivity index (χ1v) is 7.08. The number of nitrogens with zero attached hydrogens (tertiary/aromatic N) is 2. The molecule has 0 spiro atoms. The van der Waals surface area contributed by atoms with Crippen molar-refractivity contribution >= 4 is 5.91 Å². The molecule has 5 nitrogen and oxygen atoms in total. The van der Waals surface area contributed by atoms with Gasteiger partial charge in [0.1, 0.15) is 0 Å². The van der Waals surface area contributed by atoms with E-state index in [1.165, 1.54) is 0 Å².